The normalized spacial score (nSPS) is 13.6. The second kappa shape index (κ2) is 12.3. The summed E-state index contributed by atoms with van der Waals surface area (Å²) in [5.74, 6) is 0.103. The highest BCUT2D eigenvalue weighted by molar-refractivity contribution is 7.80. The fraction of sp³-hybridized carbons (Fsp3) is 0.345. The maximum absolute atomic E-state index is 12.9. The first kappa shape index (κ1) is 26.1. The highest BCUT2D eigenvalue weighted by Gasteiger charge is 2.30. The summed E-state index contributed by atoms with van der Waals surface area (Å²) in [4.78, 5) is 0.834. The van der Waals surface area contributed by atoms with Crippen LogP contribution in [0, 0.1) is 0 Å². The van der Waals surface area contributed by atoms with Crippen molar-refractivity contribution in [1.29, 1.82) is 0 Å². The molecular formula is C29H32F3NS. The van der Waals surface area contributed by atoms with Gasteiger partial charge in [0.15, 0.2) is 0 Å². The second-order valence-corrected chi connectivity index (χ2v) is 9.28. The fourth-order valence-corrected chi connectivity index (χ4v) is 4.71. The van der Waals surface area contributed by atoms with Crippen molar-refractivity contribution in [2.75, 3.05) is 0 Å². The number of thiocarbonyl (C=S) groups is 1. The fourth-order valence-electron chi connectivity index (χ4n) is 4.37. The minimum atomic E-state index is -4.33. The molecule has 0 spiro atoms. The molecule has 0 aliphatic rings. The Kier molecular flexibility index (Phi) is 9.43. The van der Waals surface area contributed by atoms with Gasteiger partial charge in [0.05, 0.1) is 5.56 Å². The van der Waals surface area contributed by atoms with Gasteiger partial charge >= 0.3 is 6.18 Å². The smallest absolute Gasteiger partial charge is 0.307 e. The Balaban J connectivity index is 1.88. The summed E-state index contributed by atoms with van der Waals surface area (Å²) in [6, 6.07) is 26.6. The minimum Gasteiger partial charge on any atom is -0.307 e. The van der Waals surface area contributed by atoms with Crippen molar-refractivity contribution in [3.05, 3.63) is 107 Å². The van der Waals surface area contributed by atoms with Gasteiger partial charge in [-0.15, -0.1) is 0 Å². The van der Waals surface area contributed by atoms with Gasteiger partial charge in [-0.05, 0) is 53.0 Å². The number of rotatable bonds is 11. The molecule has 1 nitrogen and oxygen atoms in total. The van der Waals surface area contributed by atoms with Crippen molar-refractivity contribution in [3.63, 3.8) is 0 Å². The molecule has 3 rings (SSSR count). The minimum absolute atomic E-state index is 0.0686. The highest BCUT2D eigenvalue weighted by Crippen LogP contribution is 2.36. The van der Waals surface area contributed by atoms with Crippen LogP contribution in [0.1, 0.15) is 67.3 Å². The molecule has 180 valence electrons. The molecule has 0 saturated heterocycles. The molecule has 0 aromatic heterocycles. The quantitative estimate of drug-likeness (QED) is 0.275. The van der Waals surface area contributed by atoms with Gasteiger partial charge in [0.1, 0.15) is 0 Å². The second-order valence-electron chi connectivity index (χ2n) is 8.70. The van der Waals surface area contributed by atoms with Gasteiger partial charge in [-0.3, -0.25) is 0 Å². The molecule has 0 fully saturated rings. The van der Waals surface area contributed by atoms with E-state index in [1.165, 1.54) is 23.3 Å². The van der Waals surface area contributed by atoms with Gasteiger partial charge in [-0.2, -0.15) is 13.2 Å². The van der Waals surface area contributed by atoms with Crippen LogP contribution < -0.4 is 5.32 Å². The van der Waals surface area contributed by atoms with Crippen LogP contribution in [-0.4, -0.2) is 10.9 Å². The molecule has 0 bridgehead atoms. The standard InChI is InChI=1S/C29H32F3NS/c1-3-25(4-2)33-28(23-13-9-6-10-14-23)27(22-11-7-5-8-12-22)20-26(34)19-21-15-17-24(18-16-21)29(30,31)32/h5-18,25,27-28,33H,3-4,19-20H2,1-2H3/t27-,28-/m1/s1. The Morgan fingerprint density at radius 1 is 0.794 bits per heavy atom. The molecule has 0 radical (unpaired) electrons. The number of nitrogens with one attached hydrogen (secondary N) is 1. The van der Waals surface area contributed by atoms with Gasteiger partial charge in [-0.1, -0.05) is 98.9 Å². The van der Waals surface area contributed by atoms with Gasteiger partial charge < -0.3 is 5.32 Å². The summed E-state index contributed by atoms with van der Waals surface area (Å²) in [5.41, 5.74) is 2.57. The van der Waals surface area contributed by atoms with Crippen molar-refractivity contribution in [1.82, 2.24) is 5.32 Å². The van der Waals surface area contributed by atoms with Crippen LogP contribution in [0.3, 0.4) is 0 Å². The molecule has 3 aromatic rings. The van der Waals surface area contributed by atoms with Gasteiger partial charge in [-0.25, -0.2) is 0 Å². The lowest BCUT2D eigenvalue weighted by molar-refractivity contribution is -0.137. The van der Waals surface area contributed by atoms with E-state index in [2.05, 4.69) is 55.6 Å². The van der Waals surface area contributed by atoms with Crippen molar-refractivity contribution in [3.8, 4) is 0 Å². The third kappa shape index (κ3) is 7.25. The molecule has 0 aliphatic heterocycles. The Bertz CT molecular complexity index is 1010. The number of alkyl halides is 3. The van der Waals surface area contributed by atoms with E-state index < -0.39 is 11.7 Å². The van der Waals surface area contributed by atoms with Crippen LogP contribution in [0.5, 0.6) is 0 Å². The molecular weight excluding hydrogens is 451 g/mol. The van der Waals surface area contributed by atoms with Crippen molar-refractivity contribution in [2.45, 2.75) is 63.7 Å². The van der Waals surface area contributed by atoms with Gasteiger partial charge in [0.25, 0.3) is 0 Å². The van der Waals surface area contributed by atoms with Crippen LogP contribution >= 0.6 is 12.2 Å². The Labute approximate surface area is 206 Å². The molecule has 3 aromatic carbocycles. The lowest BCUT2D eigenvalue weighted by atomic mass is 9.82. The van der Waals surface area contributed by atoms with E-state index in [1.807, 2.05) is 24.3 Å². The van der Waals surface area contributed by atoms with Crippen LogP contribution in [0.2, 0.25) is 0 Å². The average Bonchev–Trinajstić information content (AvgIpc) is 2.84. The van der Waals surface area contributed by atoms with E-state index in [1.54, 1.807) is 0 Å². The zero-order valence-corrected chi connectivity index (χ0v) is 20.5. The van der Waals surface area contributed by atoms with E-state index in [-0.39, 0.29) is 12.0 Å². The molecule has 34 heavy (non-hydrogen) atoms. The predicted molar refractivity (Wildman–Crippen MR) is 138 cm³/mol. The first-order valence-corrected chi connectivity index (χ1v) is 12.3. The van der Waals surface area contributed by atoms with E-state index >= 15 is 0 Å². The summed E-state index contributed by atoms with van der Waals surface area (Å²) >= 11 is 5.81. The van der Waals surface area contributed by atoms with Gasteiger partial charge in [0.2, 0.25) is 0 Å². The van der Waals surface area contributed by atoms with Crippen molar-refractivity contribution in [2.24, 2.45) is 0 Å². The Morgan fingerprint density at radius 2 is 1.32 bits per heavy atom. The summed E-state index contributed by atoms with van der Waals surface area (Å²) < 4.78 is 38.8. The zero-order chi connectivity index (χ0) is 24.6. The Morgan fingerprint density at radius 3 is 1.82 bits per heavy atom. The highest BCUT2D eigenvalue weighted by atomic mass is 32.1. The average molecular weight is 484 g/mol. The van der Waals surface area contributed by atoms with E-state index in [0.717, 1.165) is 35.4 Å². The molecule has 0 aliphatic carbocycles. The lowest BCUT2D eigenvalue weighted by Gasteiger charge is -2.33. The maximum atomic E-state index is 12.9. The van der Waals surface area contributed by atoms with Crippen LogP contribution in [0.4, 0.5) is 13.2 Å². The van der Waals surface area contributed by atoms with Crippen LogP contribution in [-0.2, 0) is 12.6 Å². The molecule has 0 unspecified atom stereocenters. The molecule has 0 amide bonds. The maximum Gasteiger partial charge on any atom is 0.416 e. The number of benzene rings is 3. The van der Waals surface area contributed by atoms with Crippen molar-refractivity contribution >= 4 is 17.1 Å². The molecule has 0 heterocycles. The first-order chi connectivity index (χ1) is 16.3. The summed E-state index contributed by atoms with van der Waals surface area (Å²) in [5, 5.41) is 3.88. The molecule has 1 N–H and O–H groups in total. The predicted octanol–water partition coefficient (Wildman–Crippen LogP) is 8.31. The molecule has 0 saturated carbocycles. The number of hydrogen-bond acceptors (Lipinski definition) is 2. The zero-order valence-electron chi connectivity index (χ0n) is 19.7. The summed E-state index contributed by atoms with van der Waals surface area (Å²) in [6.07, 6.45) is -1.15. The van der Waals surface area contributed by atoms with E-state index in [9.17, 15) is 13.2 Å². The van der Waals surface area contributed by atoms with Gasteiger partial charge in [0, 0.05) is 24.4 Å². The van der Waals surface area contributed by atoms with Crippen LogP contribution in [0.15, 0.2) is 84.9 Å². The summed E-state index contributed by atoms with van der Waals surface area (Å²) in [6.45, 7) is 4.38. The number of hydrogen-bond donors (Lipinski definition) is 1. The third-order valence-electron chi connectivity index (χ3n) is 6.32. The van der Waals surface area contributed by atoms with Crippen molar-refractivity contribution < 1.29 is 13.2 Å². The topological polar surface area (TPSA) is 12.0 Å². The molecule has 2 atom stereocenters. The molecule has 5 heteroatoms. The lowest BCUT2D eigenvalue weighted by Crippen LogP contribution is -2.36. The SMILES string of the molecule is CCC(CC)N[C@H](c1ccccc1)[C@H](CC(=S)Cc1ccc(C(F)(F)F)cc1)c1ccccc1. The number of halogens is 3. The van der Waals surface area contributed by atoms with Crippen LogP contribution in [0.25, 0.3) is 0 Å². The monoisotopic (exact) mass is 483 g/mol. The largest absolute Gasteiger partial charge is 0.416 e. The van der Waals surface area contributed by atoms with E-state index in [4.69, 9.17) is 12.2 Å². The van der Waals surface area contributed by atoms with E-state index in [0.29, 0.717) is 18.9 Å². The summed E-state index contributed by atoms with van der Waals surface area (Å²) in [7, 11) is 0. The third-order valence-corrected chi connectivity index (χ3v) is 6.63. The first-order valence-electron chi connectivity index (χ1n) is 11.9. The Hall–Kier alpha value is -2.50.